The van der Waals surface area contributed by atoms with E-state index < -0.39 is 0 Å². The average molecular weight is 368 g/mol. The van der Waals surface area contributed by atoms with E-state index in [1.807, 2.05) is 30.0 Å². The largest absolute Gasteiger partial charge is 0.381 e. The Labute approximate surface area is 160 Å². The Morgan fingerprint density at radius 2 is 2.07 bits per heavy atom. The van der Waals surface area contributed by atoms with Crippen molar-refractivity contribution in [3.05, 3.63) is 41.1 Å². The van der Waals surface area contributed by atoms with Crippen LogP contribution in [0.5, 0.6) is 0 Å². The summed E-state index contributed by atoms with van der Waals surface area (Å²) >= 11 is 0. The third-order valence-corrected chi connectivity index (χ3v) is 6.60. The van der Waals surface area contributed by atoms with Crippen LogP contribution in [0.2, 0.25) is 0 Å². The summed E-state index contributed by atoms with van der Waals surface area (Å²) < 4.78 is 11.6. The zero-order chi connectivity index (χ0) is 19.2. The molecule has 144 valence electrons. The lowest BCUT2D eigenvalue weighted by atomic mass is 9.79. The second kappa shape index (κ2) is 6.88. The molecule has 3 atom stereocenters. The molecule has 1 aromatic carbocycles. The van der Waals surface area contributed by atoms with E-state index in [9.17, 15) is 4.79 Å². The lowest BCUT2D eigenvalue weighted by Crippen LogP contribution is -2.53. The van der Waals surface area contributed by atoms with Crippen molar-refractivity contribution in [1.82, 2.24) is 9.88 Å². The number of hydrogen-bond acceptors (Lipinski definition) is 4. The van der Waals surface area contributed by atoms with Gasteiger partial charge in [-0.25, -0.2) is 0 Å². The molecule has 1 saturated heterocycles. The average Bonchev–Trinajstić information content (AvgIpc) is 3.07. The third-order valence-electron chi connectivity index (χ3n) is 6.60. The summed E-state index contributed by atoms with van der Waals surface area (Å²) in [5, 5.41) is 1.01. The van der Waals surface area contributed by atoms with E-state index in [4.69, 9.17) is 14.5 Å². The van der Waals surface area contributed by atoms with Crippen LogP contribution >= 0.6 is 0 Å². The first-order chi connectivity index (χ1) is 13.0. The molecule has 2 aromatic rings. The number of nitrogens with zero attached hydrogens (tertiary/aromatic N) is 2. The molecule has 27 heavy (non-hydrogen) atoms. The number of carbonyl (C=O) groups is 1. The van der Waals surface area contributed by atoms with Gasteiger partial charge in [0.15, 0.2) is 0 Å². The van der Waals surface area contributed by atoms with Crippen LogP contribution in [0, 0.1) is 13.8 Å². The van der Waals surface area contributed by atoms with Gasteiger partial charge in [0.2, 0.25) is 0 Å². The molecule has 2 heterocycles. The molecule has 0 N–H and O–H groups in total. The standard InChI is InChI=1S/C22H28N2O3/c1-14-6-5-7-16-12-18(15(2)23-20(14)16)21(25)24-11-10-22(27-4)9-8-17(26-3)13-19(22)24/h5-7,12,17,19H,8-11,13H2,1-4H3/t17-,19-,22+/m0/s1. The summed E-state index contributed by atoms with van der Waals surface area (Å²) in [6.07, 6.45) is 3.82. The summed E-state index contributed by atoms with van der Waals surface area (Å²) in [6, 6.07) is 8.14. The van der Waals surface area contributed by atoms with E-state index in [1.54, 1.807) is 14.2 Å². The molecule has 1 saturated carbocycles. The van der Waals surface area contributed by atoms with Gasteiger partial charge in [0.25, 0.3) is 5.91 Å². The number of aromatic nitrogens is 1. The summed E-state index contributed by atoms with van der Waals surface area (Å²) in [4.78, 5) is 20.2. The molecule has 2 fully saturated rings. The van der Waals surface area contributed by atoms with Gasteiger partial charge in [0.05, 0.1) is 34.5 Å². The van der Waals surface area contributed by atoms with Crippen molar-refractivity contribution >= 4 is 16.8 Å². The number of fused-ring (bicyclic) bond motifs is 2. The van der Waals surface area contributed by atoms with Gasteiger partial charge in [0.1, 0.15) is 0 Å². The Balaban J connectivity index is 1.70. The maximum Gasteiger partial charge on any atom is 0.256 e. The number of aryl methyl sites for hydroxylation is 2. The maximum atomic E-state index is 13.5. The van der Waals surface area contributed by atoms with E-state index in [1.165, 1.54) is 0 Å². The molecule has 5 nitrogen and oxygen atoms in total. The number of pyridine rings is 1. The highest BCUT2D eigenvalue weighted by atomic mass is 16.5. The molecule has 5 heteroatoms. The zero-order valence-electron chi connectivity index (χ0n) is 16.6. The lowest BCUT2D eigenvalue weighted by Gasteiger charge is -2.43. The molecule has 0 radical (unpaired) electrons. The molecule has 0 unspecified atom stereocenters. The third kappa shape index (κ3) is 2.93. The second-order valence-corrected chi connectivity index (χ2v) is 7.93. The first-order valence-electron chi connectivity index (χ1n) is 9.75. The minimum Gasteiger partial charge on any atom is -0.381 e. The van der Waals surface area contributed by atoms with Gasteiger partial charge in [-0.15, -0.1) is 0 Å². The number of para-hydroxylation sites is 1. The number of carbonyl (C=O) groups excluding carboxylic acids is 1. The van der Waals surface area contributed by atoms with Gasteiger partial charge in [-0.05, 0) is 51.2 Å². The van der Waals surface area contributed by atoms with Crippen molar-refractivity contribution < 1.29 is 14.3 Å². The summed E-state index contributed by atoms with van der Waals surface area (Å²) in [5.41, 5.74) is 3.34. The normalized spacial score (nSPS) is 27.8. The number of rotatable bonds is 3. The Hall–Kier alpha value is -1.98. The maximum absolute atomic E-state index is 13.5. The monoisotopic (exact) mass is 368 g/mol. The minimum atomic E-state index is -0.237. The van der Waals surface area contributed by atoms with Crippen LogP contribution in [0.4, 0.5) is 0 Å². The van der Waals surface area contributed by atoms with Crippen molar-refractivity contribution in [2.75, 3.05) is 20.8 Å². The first-order valence-corrected chi connectivity index (χ1v) is 9.75. The van der Waals surface area contributed by atoms with Crippen LogP contribution in [0.15, 0.2) is 24.3 Å². The Morgan fingerprint density at radius 1 is 1.26 bits per heavy atom. The van der Waals surface area contributed by atoms with Crippen molar-refractivity contribution in [3.63, 3.8) is 0 Å². The van der Waals surface area contributed by atoms with E-state index >= 15 is 0 Å². The first kappa shape index (κ1) is 18.4. The van der Waals surface area contributed by atoms with Crippen LogP contribution in [-0.2, 0) is 9.47 Å². The molecule has 1 amide bonds. The summed E-state index contributed by atoms with van der Waals surface area (Å²) in [6.45, 7) is 4.70. The van der Waals surface area contributed by atoms with E-state index in [-0.39, 0.29) is 23.7 Å². The fraction of sp³-hybridized carbons (Fsp3) is 0.545. The highest BCUT2D eigenvalue weighted by molar-refractivity contribution is 5.99. The van der Waals surface area contributed by atoms with Crippen LogP contribution in [0.1, 0.15) is 47.3 Å². The number of hydrogen-bond donors (Lipinski definition) is 0. The van der Waals surface area contributed by atoms with Gasteiger partial charge in [-0.3, -0.25) is 9.78 Å². The number of amides is 1. The molecule has 0 bridgehead atoms. The number of benzene rings is 1. The molecule has 1 aliphatic carbocycles. The lowest BCUT2D eigenvalue weighted by molar-refractivity contribution is -0.0893. The Morgan fingerprint density at radius 3 is 2.81 bits per heavy atom. The quantitative estimate of drug-likeness (QED) is 0.830. The van der Waals surface area contributed by atoms with E-state index in [2.05, 4.69) is 13.0 Å². The highest BCUT2D eigenvalue weighted by Crippen LogP contribution is 2.43. The van der Waals surface area contributed by atoms with Gasteiger partial charge in [-0.1, -0.05) is 18.2 Å². The van der Waals surface area contributed by atoms with E-state index in [0.29, 0.717) is 5.56 Å². The van der Waals surface area contributed by atoms with Crippen LogP contribution in [0.3, 0.4) is 0 Å². The van der Waals surface area contributed by atoms with Crippen LogP contribution in [0.25, 0.3) is 10.9 Å². The summed E-state index contributed by atoms with van der Waals surface area (Å²) in [5.74, 6) is 0.0593. The fourth-order valence-electron chi connectivity index (χ4n) is 4.93. The molecule has 2 aliphatic rings. The molecule has 1 aromatic heterocycles. The fourth-order valence-corrected chi connectivity index (χ4v) is 4.93. The van der Waals surface area contributed by atoms with Gasteiger partial charge >= 0.3 is 0 Å². The zero-order valence-corrected chi connectivity index (χ0v) is 16.6. The number of methoxy groups -OCH3 is 2. The van der Waals surface area contributed by atoms with Crippen LogP contribution < -0.4 is 0 Å². The molecular formula is C22H28N2O3. The van der Waals surface area contributed by atoms with Crippen LogP contribution in [-0.4, -0.2) is 54.3 Å². The molecule has 4 rings (SSSR count). The topological polar surface area (TPSA) is 51.7 Å². The minimum absolute atomic E-state index is 0.0568. The predicted molar refractivity (Wildman–Crippen MR) is 105 cm³/mol. The number of ether oxygens (including phenoxy) is 2. The van der Waals surface area contributed by atoms with Crippen molar-refractivity contribution in [2.45, 2.75) is 57.3 Å². The van der Waals surface area contributed by atoms with Crippen molar-refractivity contribution in [1.29, 1.82) is 0 Å². The predicted octanol–water partition coefficient (Wildman–Crippen LogP) is 3.65. The van der Waals surface area contributed by atoms with Crippen molar-refractivity contribution in [3.8, 4) is 0 Å². The van der Waals surface area contributed by atoms with Crippen molar-refractivity contribution in [2.24, 2.45) is 0 Å². The number of likely N-dealkylation sites (tertiary alicyclic amines) is 1. The van der Waals surface area contributed by atoms with E-state index in [0.717, 1.165) is 54.4 Å². The SMILES string of the molecule is CO[C@H]1CC[C@@]2(OC)CCN(C(=O)c3cc4cccc(C)c4nc3C)[C@H]2C1. The molecule has 1 aliphatic heterocycles. The molecule has 0 spiro atoms. The Bertz CT molecular complexity index is 881. The second-order valence-electron chi connectivity index (χ2n) is 7.93. The Kier molecular flexibility index (Phi) is 4.68. The molecular weight excluding hydrogens is 340 g/mol. The van der Waals surface area contributed by atoms with Gasteiger partial charge < -0.3 is 14.4 Å². The van der Waals surface area contributed by atoms with Gasteiger partial charge in [0, 0.05) is 26.2 Å². The van der Waals surface area contributed by atoms with Gasteiger partial charge in [-0.2, -0.15) is 0 Å². The smallest absolute Gasteiger partial charge is 0.256 e. The highest BCUT2D eigenvalue weighted by Gasteiger charge is 2.52. The summed E-state index contributed by atoms with van der Waals surface area (Å²) in [7, 11) is 3.53.